The summed E-state index contributed by atoms with van der Waals surface area (Å²) in [6.07, 6.45) is 3.20. The summed E-state index contributed by atoms with van der Waals surface area (Å²) in [6.45, 7) is 8.08. The summed E-state index contributed by atoms with van der Waals surface area (Å²) in [4.78, 5) is 18.7. The van der Waals surface area contributed by atoms with E-state index in [1.54, 1.807) is 18.3 Å². The first kappa shape index (κ1) is 18.3. The summed E-state index contributed by atoms with van der Waals surface area (Å²) in [5.74, 6) is -0.244. The van der Waals surface area contributed by atoms with Gasteiger partial charge in [0.2, 0.25) is 0 Å². The molecular weight excluding hydrogens is 290 g/mol. The van der Waals surface area contributed by atoms with E-state index in [-0.39, 0.29) is 5.92 Å². The fourth-order valence-electron chi connectivity index (χ4n) is 1.73. The van der Waals surface area contributed by atoms with Crippen molar-refractivity contribution >= 4 is 5.97 Å². The predicted octanol–water partition coefficient (Wildman–Crippen LogP) is 3.98. The molecule has 0 aromatic carbocycles. The molecule has 5 heteroatoms. The number of aromatic carboxylic acids is 1. The van der Waals surface area contributed by atoms with Crippen LogP contribution in [0.4, 0.5) is 0 Å². The molecule has 1 N–H and O–H groups in total. The van der Waals surface area contributed by atoms with Gasteiger partial charge in [0.05, 0.1) is 17.2 Å². The Morgan fingerprint density at radius 1 is 1.04 bits per heavy atom. The maximum Gasteiger partial charge on any atom is 0.335 e. The molecule has 0 bridgehead atoms. The van der Waals surface area contributed by atoms with E-state index in [0.29, 0.717) is 17.0 Å². The summed E-state index contributed by atoms with van der Waals surface area (Å²) in [6, 6.07) is 8.72. The van der Waals surface area contributed by atoms with E-state index in [0.717, 1.165) is 11.4 Å². The van der Waals surface area contributed by atoms with Gasteiger partial charge in [-0.05, 0) is 36.1 Å². The lowest BCUT2D eigenvalue weighted by Gasteiger charge is -2.03. The minimum Gasteiger partial charge on any atom is -0.478 e. The molecule has 0 fully saturated rings. The van der Waals surface area contributed by atoms with E-state index in [1.807, 2.05) is 19.9 Å². The molecule has 0 saturated carbocycles. The van der Waals surface area contributed by atoms with E-state index >= 15 is 0 Å². The molecule has 5 nitrogen and oxygen atoms in total. The summed E-state index contributed by atoms with van der Waals surface area (Å²) in [7, 11) is 0. The zero-order valence-corrected chi connectivity index (χ0v) is 13.8. The smallest absolute Gasteiger partial charge is 0.335 e. The molecule has 0 atom stereocenters. The first-order valence-electron chi connectivity index (χ1n) is 7.40. The molecule has 0 amide bonds. The van der Waals surface area contributed by atoms with Gasteiger partial charge in [0.25, 0.3) is 0 Å². The van der Waals surface area contributed by atoms with Gasteiger partial charge in [-0.3, -0.25) is 9.97 Å². The lowest BCUT2D eigenvalue weighted by molar-refractivity contribution is 0.0696. The lowest BCUT2D eigenvalue weighted by atomic mass is 10.1. The van der Waals surface area contributed by atoms with E-state index < -0.39 is 5.97 Å². The van der Waals surface area contributed by atoms with E-state index in [1.165, 1.54) is 12.3 Å². The quantitative estimate of drug-likeness (QED) is 0.926. The fraction of sp³-hybridized carbons (Fsp3) is 0.333. The highest BCUT2D eigenvalue weighted by atomic mass is 16.4. The van der Waals surface area contributed by atoms with E-state index in [4.69, 9.17) is 10.4 Å². The highest BCUT2D eigenvalue weighted by Crippen LogP contribution is 2.12. The van der Waals surface area contributed by atoms with Crippen molar-refractivity contribution in [2.24, 2.45) is 0 Å². The largest absolute Gasteiger partial charge is 0.478 e. The second kappa shape index (κ2) is 8.64. The number of pyridine rings is 2. The first-order chi connectivity index (χ1) is 10.8. The molecule has 2 aromatic heterocycles. The zero-order valence-electron chi connectivity index (χ0n) is 13.8. The SMILES string of the molecule is CC(C)c1cc(C#N)ccn1.CC(C)c1cc(C(=O)O)ccn1. The Morgan fingerprint density at radius 2 is 1.57 bits per heavy atom. The lowest BCUT2D eigenvalue weighted by Crippen LogP contribution is -2.00. The average Bonchev–Trinajstić information content (AvgIpc) is 2.55. The van der Waals surface area contributed by atoms with Crippen LogP contribution in [0.2, 0.25) is 0 Å². The van der Waals surface area contributed by atoms with Gasteiger partial charge in [0.15, 0.2) is 0 Å². The first-order valence-corrected chi connectivity index (χ1v) is 7.40. The highest BCUT2D eigenvalue weighted by Gasteiger charge is 2.05. The summed E-state index contributed by atoms with van der Waals surface area (Å²) >= 11 is 0. The molecule has 2 aromatic rings. The molecule has 0 radical (unpaired) electrons. The second-order valence-corrected chi connectivity index (χ2v) is 5.67. The van der Waals surface area contributed by atoms with Crippen molar-refractivity contribution in [2.75, 3.05) is 0 Å². The van der Waals surface area contributed by atoms with Crippen molar-refractivity contribution in [2.45, 2.75) is 39.5 Å². The number of hydrogen-bond acceptors (Lipinski definition) is 4. The van der Waals surface area contributed by atoms with Crippen molar-refractivity contribution in [1.82, 2.24) is 9.97 Å². The number of carboxylic acid groups (broad SMARTS) is 1. The molecule has 2 rings (SSSR count). The van der Waals surface area contributed by atoms with Gasteiger partial charge in [-0.1, -0.05) is 27.7 Å². The highest BCUT2D eigenvalue weighted by molar-refractivity contribution is 5.87. The number of rotatable bonds is 3. The molecule has 0 aliphatic heterocycles. The normalized spacial score (nSPS) is 9.96. The Hall–Kier alpha value is -2.74. The Bertz CT molecular complexity index is 703. The molecule has 23 heavy (non-hydrogen) atoms. The van der Waals surface area contributed by atoms with Gasteiger partial charge in [0.1, 0.15) is 0 Å². The fourth-order valence-corrected chi connectivity index (χ4v) is 1.73. The van der Waals surface area contributed by atoms with Crippen LogP contribution in [0.25, 0.3) is 0 Å². The van der Waals surface area contributed by atoms with Crippen LogP contribution in [0.1, 0.15) is 66.8 Å². The van der Waals surface area contributed by atoms with Gasteiger partial charge in [-0.2, -0.15) is 5.26 Å². The molecule has 0 saturated heterocycles. The second-order valence-electron chi connectivity index (χ2n) is 5.67. The summed E-state index contributed by atoms with van der Waals surface area (Å²) < 4.78 is 0. The van der Waals surface area contributed by atoms with E-state index in [2.05, 4.69) is 29.9 Å². The Morgan fingerprint density at radius 3 is 2.04 bits per heavy atom. The topological polar surface area (TPSA) is 86.9 Å². The van der Waals surface area contributed by atoms with Crippen molar-refractivity contribution < 1.29 is 9.90 Å². The van der Waals surface area contributed by atoms with Crippen LogP contribution in [0, 0.1) is 11.3 Å². The van der Waals surface area contributed by atoms with Crippen molar-refractivity contribution in [3.63, 3.8) is 0 Å². The Balaban J connectivity index is 0.000000231. The molecule has 0 unspecified atom stereocenters. The third-order valence-corrected chi connectivity index (χ3v) is 3.12. The number of carbonyl (C=O) groups is 1. The third-order valence-electron chi connectivity index (χ3n) is 3.12. The van der Waals surface area contributed by atoms with E-state index in [9.17, 15) is 4.79 Å². The molecule has 120 valence electrons. The van der Waals surface area contributed by atoms with Crippen LogP contribution in [0.15, 0.2) is 36.7 Å². The van der Waals surface area contributed by atoms with Crippen molar-refractivity contribution in [3.05, 3.63) is 59.2 Å². The van der Waals surface area contributed by atoms with Crippen LogP contribution in [0.3, 0.4) is 0 Å². The molecule has 2 heterocycles. The van der Waals surface area contributed by atoms with Gasteiger partial charge in [-0.15, -0.1) is 0 Å². The van der Waals surface area contributed by atoms with Gasteiger partial charge in [0, 0.05) is 23.8 Å². The number of nitrogens with zero attached hydrogens (tertiary/aromatic N) is 3. The molecule has 0 aliphatic carbocycles. The minimum absolute atomic E-state index is 0.268. The van der Waals surface area contributed by atoms with Gasteiger partial charge >= 0.3 is 5.97 Å². The van der Waals surface area contributed by atoms with Crippen LogP contribution in [0.5, 0.6) is 0 Å². The minimum atomic E-state index is -0.903. The van der Waals surface area contributed by atoms with Crippen molar-refractivity contribution in [1.29, 1.82) is 5.26 Å². The van der Waals surface area contributed by atoms with Crippen molar-refractivity contribution in [3.8, 4) is 6.07 Å². The Kier molecular flexibility index (Phi) is 6.88. The van der Waals surface area contributed by atoms with Crippen LogP contribution in [-0.2, 0) is 0 Å². The van der Waals surface area contributed by atoms with Gasteiger partial charge in [-0.25, -0.2) is 4.79 Å². The molecule has 0 aliphatic rings. The number of hydrogen-bond donors (Lipinski definition) is 1. The van der Waals surface area contributed by atoms with Crippen LogP contribution >= 0.6 is 0 Å². The predicted molar refractivity (Wildman–Crippen MR) is 88.3 cm³/mol. The van der Waals surface area contributed by atoms with Gasteiger partial charge < -0.3 is 5.11 Å². The standard InChI is InChI=1S/C9H10N2.C9H11NO2/c1-7(2)9-5-8(6-10)3-4-11-9;1-6(2)8-5-7(9(11)12)3-4-10-8/h3-5,7H,1-2H3;3-6H,1-2H3,(H,11,12). The number of carboxylic acids is 1. The Labute approximate surface area is 136 Å². The maximum absolute atomic E-state index is 10.5. The molecule has 0 spiro atoms. The maximum atomic E-state index is 10.5. The summed E-state index contributed by atoms with van der Waals surface area (Å²) in [5.41, 5.74) is 2.77. The summed E-state index contributed by atoms with van der Waals surface area (Å²) in [5, 5.41) is 17.2. The van der Waals surface area contributed by atoms with Crippen LogP contribution < -0.4 is 0 Å². The number of nitriles is 1. The van der Waals surface area contributed by atoms with Crippen LogP contribution in [-0.4, -0.2) is 21.0 Å². The molecular formula is C18H21N3O2. The number of aromatic nitrogens is 2. The average molecular weight is 311 g/mol. The monoisotopic (exact) mass is 311 g/mol. The zero-order chi connectivity index (χ0) is 17.4. The third kappa shape index (κ3) is 5.87.